The fourth-order valence-corrected chi connectivity index (χ4v) is 2.06. The van der Waals surface area contributed by atoms with E-state index >= 15 is 0 Å². The quantitative estimate of drug-likeness (QED) is 0.668. The highest BCUT2D eigenvalue weighted by Crippen LogP contribution is 2.13. The topological polar surface area (TPSA) is 45.4 Å². The van der Waals surface area contributed by atoms with E-state index < -0.39 is 0 Å². The van der Waals surface area contributed by atoms with Crippen LogP contribution in [0.1, 0.15) is 31.3 Å². The number of hydrogen-bond donors (Lipinski definition) is 2. The first-order valence-electron chi connectivity index (χ1n) is 6.14. The van der Waals surface area contributed by atoms with E-state index in [0.29, 0.717) is 5.92 Å². The molecule has 0 radical (unpaired) electrons. The molecule has 0 aromatic carbocycles. The zero-order valence-electron chi connectivity index (χ0n) is 10.7. The summed E-state index contributed by atoms with van der Waals surface area (Å²) in [6.45, 7) is 4.13. The molecule has 0 amide bonds. The molecule has 4 heteroatoms. The minimum Gasteiger partial charge on any atom is -0.464 e. The Morgan fingerprint density at radius 3 is 2.88 bits per heavy atom. The Balaban J connectivity index is 2.09. The number of furan rings is 1. The first-order valence-corrected chi connectivity index (χ1v) is 7.53. The molecule has 1 aromatic rings. The van der Waals surface area contributed by atoms with Gasteiger partial charge in [0.25, 0.3) is 0 Å². The summed E-state index contributed by atoms with van der Waals surface area (Å²) in [7, 11) is 0. The summed E-state index contributed by atoms with van der Waals surface area (Å²) in [6.07, 6.45) is 4.24. The second-order valence-electron chi connectivity index (χ2n) is 4.41. The maximum Gasteiger partial charge on any atom is 0.117 e. The van der Waals surface area contributed by atoms with Crippen LogP contribution < -0.4 is 5.32 Å². The Bertz CT molecular complexity index is 301. The van der Waals surface area contributed by atoms with Crippen LogP contribution in [-0.4, -0.2) is 24.5 Å². The van der Waals surface area contributed by atoms with Crippen molar-refractivity contribution in [2.24, 2.45) is 5.92 Å². The van der Waals surface area contributed by atoms with Crippen LogP contribution >= 0.6 is 11.8 Å². The van der Waals surface area contributed by atoms with E-state index in [1.165, 1.54) is 0 Å². The third-order valence-corrected chi connectivity index (χ3v) is 3.24. The summed E-state index contributed by atoms with van der Waals surface area (Å²) in [5.74, 6) is 3.40. The molecule has 1 rings (SSSR count). The van der Waals surface area contributed by atoms with Crippen molar-refractivity contribution in [2.45, 2.75) is 32.1 Å². The Kier molecular flexibility index (Phi) is 7.40. The van der Waals surface area contributed by atoms with Crippen LogP contribution in [0, 0.1) is 5.92 Å². The van der Waals surface area contributed by atoms with Crippen molar-refractivity contribution in [2.75, 3.05) is 19.4 Å². The van der Waals surface area contributed by atoms with Gasteiger partial charge < -0.3 is 14.8 Å². The smallest absolute Gasteiger partial charge is 0.117 e. The molecule has 1 heterocycles. The van der Waals surface area contributed by atoms with Crippen molar-refractivity contribution in [3.05, 3.63) is 23.7 Å². The minimum atomic E-state index is 0.288. The molecule has 3 nitrogen and oxygen atoms in total. The van der Waals surface area contributed by atoms with Gasteiger partial charge in [0.05, 0.1) is 12.3 Å². The van der Waals surface area contributed by atoms with E-state index in [-0.39, 0.29) is 6.61 Å². The lowest BCUT2D eigenvalue weighted by atomic mass is 10.1. The lowest BCUT2D eigenvalue weighted by Gasteiger charge is -2.07. The van der Waals surface area contributed by atoms with E-state index in [1.807, 2.05) is 12.1 Å². The highest BCUT2D eigenvalue weighted by Gasteiger charge is 2.02. The Hall–Kier alpha value is -0.450. The van der Waals surface area contributed by atoms with Gasteiger partial charge in [-0.2, -0.15) is 11.8 Å². The largest absolute Gasteiger partial charge is 0.464 e. The second-order valence-corrected chi connectivity index (χ2v) is 5.27. The predicted molar refractivity (Wildman–Crippen MR) is 73.1 cm³/mol. The number of hydrogen-bond acceptors (Lipinski definition) is 4. The molecule has 1 unspecified atom stereocenters. The average Bonchev–Trinajstić information content (AvgIpc) is 2.76. The molecule has 17 heavy (non-hydrogen) atoms. The van der Waals surface area contributed by atoms with E-state index in [9.17, 15) is 0 Å². The molecule has 0 saturated carbocycles. The molecule has 0 aliphatic heterocycles. The molecule has 0 aliphatic carbocycles. The van der Waals surface area contributed by atoms with Gasteiger partial charge in [-0.1, -0.05) is 6.92 Å². The summed E-state index contributed by atoms with van der Waals surface area (Å²) in [5, 5.41) is 12.2. The van der Waals surface area contributed by atoms with Gasteiger partial charge in [0, 0.05) is 6.61 Å². The Labute approximate surface area is 108 Å². The Morgan fingerprint density at radius 2 is 2.18 bits per heavy atom. The van der Waals surface area contributed by atoms with Gasteiger partial charge in [-0.05, 0) is 43.7 Å². The van der Waals surface area contributed by atoms with Crippen LogP contribution in [0.25, 0.3) is 0 Å². The fourth-order valence-electron chi connectivity index (χ4n) is 1.62. The summed E-state index contributed by atoms with van der Waals surface area (Å²) in [4.78, 5) is 0. The number of rotatable bonds is 9. The molecule has 0 spiro atoms. The summed E-state index contributed by atoms with van der Waals surface area (Å²) < 4.78 is 5.65. The van der Waals surface area contributed by atoms with Gasteiger partial charge in [-0.15, -0.1) is 0 Å². The van der Waals surface area contributed by atoms with Crippen LogP contribution in [-0.2, 0) is 12.3 Å². The van der Waals surface area contributed by atoms with E-state index in [0.717, 1.165) is 43.2 Å². The molecule has 0 fully saturated rings. The van der Waals surface area contributed by atoms with Crippen LogP contribution in [0.15, 0.2) is 16.5 Å². The molecule has 98 valence electrons. The molecule has 0 aliphatic rings. The van der Waals surface area contributed by atoms with Crippen LogP contribution in [0.3, 0.4) is 0 Å². The molecule has 0 bridgehead atoms. The Morgan fingerprint density at radius 1 is 1.41 bits per heavy atom. The third kappa shape index (κ3) is 6.15. The molecule has 0 saturated heterocycles. The van der Waals surface area contributed by atoms with Crippen LogP contribution in [0.5, 0.6) is 0 Å². The van der Waals surface area contributed by atoms with Crippen molar-refractivity contribution in [1.82, 2.24) is 5.32 Å². The molecular formula is C13H23NO2S. The zero-order valence-corrected chi connectivity index (χ0v) is 11.6. The zero-order chi connectivity index (χ0) is 12.5. The van der Waals surface area contributed by atoms with Gasteiger partial charge in [0.15, 0.2) is 0 Å². The summed E-state index contributed by atoms with van der Waals surface area (Å²) in [6, 6.07) is 4.08. The van der Waals surface area contributed by atoms with Crippen molar-refractivity contribution in [1.29, 1.82) is 0 Å². The predicted octanol–water partition coefficient (Wildman–Crippen LogP) is 2.64. The highest BCUT2D eigenvalue weighted by atomic mass is 32.2. The maximum atomic E-state index is 8.89. The second kappa shape index (κ2) is 8.61. The van der Waals surface area contributed by atoms with E-state index in [1.54, 1.807) is 11.8 Å². The standard InChI is InChI=1S/C13H23NO2S/c1-11(9-15)4-3-7-14-8-12-5-6-13(16-12)10-17-2/h5-6,11,14-15H,3-4,7-10H2,1-2H3. The normalized spacial score (nSPS) is 12.9. The van der Waals surface area contributed by atoms with Gasteiger partial charge in [-0.25, -0.2) is 0 Å². The lowest BCUT2D eigenvalue weighted by molar-refractivity contribution is 0.228. The summed E-state index contributed by atoms with van der Waals surface area (Å²) in [5.41, 5.74) is 0. The molecular weight excluding hydrogens is 234 g/mol. The highest BCUT2D eigenvalue weighted by molar-refractivity contribution is 7.97. The van der Waals surface area contributed by atoms with Gasteiger partial charge >= 0.3 is 0 Å². The number of aliphatic hydroxyl groups is 1. The van der Waals surface area contributed by atoms with Gasteiger partial charge in [0.2, 0.25) is 0 Å². The van der Waals surface area contributed by atoms with Crippen molar-refractivity contribution < 1.29 is 9.52 Å². The first-order chi connectivity index (χ1) is 8.26. The van der Waals surface area contributed by atoms with Crippen molar-refractivity contribution in [3.8, 4) is 0 Å². The van der Waals surface area contributed by atoms with Gasteiger partial charge in [-0.3, -0.25) is 0 Å². The number of thioether (sulfide) groups is 1. The van der Waals surface area contributed by atoms with Crippen LogP contribution in [0.2, 0.25) is 0 Å². The van der Waals surface area contributed by atoms with Crippen LogP contribution in [0.4, 0.5) is 0 Å². The minimum absolute atomic E-state index is 0.288. The van der Waals surface area contributed by atoms with Crippen molar-refractivity contribution in [3.63, 3.8) is 0 Å². The van der Waals surface area contributed by atoms with Crippen molar-refractivity contribution >= 4 is 11.8 Å². The average molecular weight is 257 g/mol. The lowest BCUT2D eigenvalue weighted by Crippen LogP contribution is -2.15. The fraction of sp³-hybridized carbons (Fsp3) is 0.692. The number of nitrogens with one attached hydrogen (secondary N) is 1. The van der Waals surface area contributed by atoms with E-state index in [4.69, 9.17) is 9.52 Å². The molecule has 2 N–H and O–H groups in total. The maximum absolute atomic E-state index is 8.89. The molecule has 1 aromatic heterocycles. The van der Waals surface area contributed by atoms with Gasteiger partial charge in [0.1, 0.15) is 11.5 Å². The third-order valence-electron chi connectivity index (χ3n) is 2.67. The molecule has 1 atom stereocenters. The SMILES string of the molecule is CSCc1ccc(CNCCCC(C)CO)o1. The summed E-state index contributed by atoms with van der Waals surface area (Å²) >= 11 is 1.77. The monoisotopic (exact) mass is 257 g/mol. The number of aliphatic hydroxyl groups excluding tert-OH is 1. The van der Waals surface area contributed by atoms with E-state index in [2.05, 4.69) is 18.5 Å². The first kappa shape index (κ1) is 14.6.